The average Bonchev–Trinajstić information content (AvgIpc) is 3.20. The summed E-state index contributed by atoms with van der Waals surface area (Å²) < 4.78 is 0. The number of amides is 2. The molecule has 0 saturated heterocycles. The lowest BCUT2D eigenvalue weighted by Crippen LogP contribution is -2.34. The van der Waals surface area contributed by atoms with Gasteiger partial charge in [0.05, 0.1) is 16.5 Å². The number of aliphatic imine (C=N–C) groups is 1. The second-order valence-corrected chi connectivity index (χ2v) is 10.2. The van der Waals surface area contributed by atoms with E-state index in [2.05, 4.69) is 10.3 Å². The fraction of sp³-hybridized carbons (Fsp3) is 0.286. The molecule has 158 valence electrons. The number of nitrogens with one attached hydrogen (secondary N) is 1. The van der Waals surface area contributed by atoms with Gasteiger partial charge in [-0.1, -0.05) is 48.8 Å². The van der Waals surface area contributed by atoms with Crippen LogP contribution in [0.5, 0.6) is 0 Å². The molecule has 1 aromatic heterocycles. The molecule has 0 aliphatic carbocycles. The minimum Gasteiger partial charge on any atom is -0.324 e. The first-order chi connectivity index (χ1) is 14.2. The molecule has 0 bridgehead atoms. The van der Waals surface area contributed by atoms with Gasteiger partial charge in [-0.05, 0) is 49.2 Å². The fourth-order valence-corrected chi connectivity index (χ4v) is 4.82. The Bertz CT molecular complexity index is 1030. The molecule has 0 fully saturated rings. The highest BCUT2D eigenvalue weighted by atomic mass is 35.5. The van der Waals surface area contributed by atoms with Gasteiger partial charge < -0.3 is 5.32 Å². The van der Waals surface area contributed by atoms with Crippen LogP contribution in [0.2, 0.25) is 10.0 Å². The fourth-order valence-electron chi connectivity index (χ4n) is 2.74. The Morgan fingerprint density at radius 1 is 1.30 bits per heavy atom. The Kier molecular flexibility index (Phi) is 7.63. The molecule has 1 N–H and O–H groups in total. The van der Waals surface area contributed by atoms with Gasteiger partial charge in [0.1, 0.15) is 5.70 Å². The second-order valence-electron chi connectivity index (χ2n) is 7.14. The lowest BCUT2D eigenvalue weighted by Gasteiger charge is -2.19. The first-order valence-corrected chi connectivity index (χ1v) is 11.8. The Hall–Kier alpha value is -1.80. The minimum atomic E-state index is -0.241. The largest absolute Gasteiger partial charge is 0.324 e. The number of aryl methyl sites for hydroxylation is 1. The Morgan fingerprint density at radius 3 is 2.70 bits per heavy atom. The first kappa shape index (κ1) is 22.9. The van der Waals surface area contributed by atoms with Crippen molar-refractivity contribution in [1.29, 1.82) is 0 Å². The van der Waals surface area contributed by atoms with Gasteiger partial charge in [-0.2, -0.15) is 0 Å². The topological polar surface area (TPSA) is 61.8 Å². The van der Waals surface area contributed by atoms with Gasteiger partial charge in [0.2, 0.25) is 5.91 Å². The number of hydrogen-bond acceptors (Lipinski definition) is 5. The summed E-state index contributed by atoms with van der Waals surface area (Å²) in [5.41, 5.74) is 0.880. The number of hydrogen-bond donors (Lipinski definition) is 1. The normalized spacial score (nSPS) is 15.3. The van der Waals surface area contributed by atoms with E-state index in [1.165, 1.54) is 16.6 Å². The quantitative estimate of drug-likeness (QED) is 0.519. The Labute approximate surface area is 194 Å². The van der Waals surface area contributed by atoms with Crippen LogP contribution < -0.4 is 5.32 Å². The van der Waals surface area contributed by atoms with Crippen molar-refractivity contribution in [2.75, 3.05) is 17.6 Å². The maximum absolute atomic E-state index is 12.9. The molecular weight excluding hydrogens is 461 g/mol. The van der Waals surface area contributed by atoms with Crippen molar-refractivity contribution in [3.63, 3.8) is 0 Å². The molecule has 0 atom stereocenters. The summed E-state index contributed by atoms with van der Waals surface area (Å²) in [5, 5.41) is 4.16. The number of carbonyl (C=O) groups is 2. The van der Waals surface area contributed by atoms with Gasteiger partial charge in [0, 0.05) is 21.3 Å². The Balaban J connectivity index is 1.72. The maximum Gasteiger partial charge on any atom is 0.278 e. The molecule has 2 heterocycles. The molecule has 30 heavy (non-hydrogen) atoms. The van der Waals surface area contributed by atoms with E-state index in [0.29, 0.717) is 33.1 Å². The van der Waals surface area contributed by atoms with Crippen LogP contribution in [0.4, 0.5) is 5.69 Å². The van der Waals surface area contributed by atoms with Gasteiger partial charge >= 0.3 is 0 Å². The predicted octanol–water partition coefficient (Wildman–Crippen LogP) is 5.93. The van der Waals surface area contributed by atoms with E-state index < -0.39 is 0 Å². The third-order valence-corrected chi connectivity index (χ3v) is 6.51. The molecule has 9 heteroatoms. The van der Waals surface area contributed by atoms with Crippen LogP contribution in [0.15, 0.2) is 41.0 Å². The maximum atomic E-state index is 12.9. The summed E-state index contributed by atoms with van der Waals surface area (Å²) >= 11 is 14.8. The molecule has 5 nitrogen and oxygen atoms in total. The van der Waals surface area contributed by atoms with E-state index in [9.17, 15) is 9.59 Å². The van der Waals surface area contributed by atoms with Crippen molar-refractivity contribution in [2.45, 2.75) is 20.8 Å². The summed E-state index contributed by atoms with van der Waals surface area (Å²) in [7, 11) is 0. The van der Waals surface area contributed by atoms with Crippen molar-refractivity contribution in [1.82, 2.24) is 4.90 Å². The van der Waals surface area contributed by atoms with E-state index in [4.69, 9.17) is 23.2 Å². The van der Waals surface area contributed by atoms with Crippen molar-refractivity contribution < 1.29 is 9.59 Å². The zero-order valence-corrected chi connectivity index (χ0v) is 19.9. The van der Waals surface area contributed by atoms with Crippen LogP contribution >= 0.6 is 46.3 Å². The SMILES string of the molecule is Cc1ccc(/C=C2/N=C(SCC(=O)Nc3ccc(Cl)cc3Cl)N(CC(C)C)C2=O)s1. The predicted molar refractivity (Wildman–Crippen MR) is 129 cm³/mol. The van der Waals surface area contributed by atoms with Crippen molar-refractivity contribution >= 4 is 75.0 Å². The number of thiophene rings is 1. The third-order valence-electron chi connectivity index (χ3n) is 4.04. The summed E-state index contributed by atoms with van der Waals surface area (Å²) in [6.45, 7) is 6.63. The van der Waals surface area contributed by atoms with Crippen LogP contribution in [0.1, 0.15) is 23.6 Å². The van der Waals surface area contributed by atoms with Gasteiger partial charge in [0.25, 0.3) is 5.91 Å². The third kappa shape index (κ3) is 5.88. The molecule has 3 rings (SSSR count). The lowest BCUT2D eigenvalue weighted by molar-refractivity contribution is -0.122. The molecule has 2 aromatic rings. The zero-order valence-electron chi connectivity index (χ0n) is 16.7. The minimum absolute atomic E-state index is 0.102. The average molecular weight is 482 g/mol. The summed E-state index contributed by atoms with van der Waals surface area (Å²) in [6, 6.07) is 8.85. The molecule has 0 radical (unpaired) electrons. The smallest absolute Gasteiger partial charge is 0.278 e. The summed E-state index contributed by atoms with van der Waals surface area (Å²) in [6.07, 6.45) is 1.80. The van der Waals surface area contributed by atoms with Gasteiger partial charge in [-0.3, -0.25) is 14.5 Å². The highest BCUT2D eigenvalue weighted by Gasteiger charge is 2.31. The van der Waals surface area contributed by atoms with E-state index in [0.717, 1.165) is 4.88 Å². The summed E-state index contributed by atoms with van der Waals surface area (Å²) in [5.74, 6) is -0.0104. The number of halogens is 2. The second kappa shape index (κ2) is 10.0. The van der Waals surface area contributed by atoms with Crippen LogP contribution in [0.3, 0.4) is 0 Å². The first-order valence-electron chi connectivity index (χ1n) is 9.29. The molecule has 2 amide bonds. The number of anilines is 1. The zero-order chi connectivity index (χ0) is 21.8. The van der Waals surface area contributed by atoms with E-state index >= 15 is 0 Å². The van der Waals surface area contributed by atoms with Crippen molar-refractivity contribution in [3.05, 3.63) is 55.8 Å². The van der Waals surface area contributed by atoms with Crippen LogP contribution in [0.25, 0.3) is 6.08 Å². The number of nitrogens with zero attached hydrogens (tertiary/aromatic N) is 2. The highest BCUT2D eigenvalue weighted by Crippen LogP contribution is 2.28. The van der Waals surface area contributed by atoms with Crippen LogP contribution in [-0.4, -0.2) is 34.2 Å². The van der Waals surface area contributed by atoms with Crippen molar-refractivity contribution in [2.24, 2.45) is 10.9 Å². The molecule has 1 aromatic carbocycles. The molecule has 0 spiro atoms. The highest BCUT2D eigenvalue weighted by molar-refractivity contribution is 8.14. The van der Waals surface area contributed by atoms with Crippen LogP contribution in [0, 0.1) is 12.8 Å². The van der Waals surface area contributed by atoms with E-state index in [-0.39, 0.29) is 23.5 Å². The number of rotatable bonds is 6. The number of carbonyl (C=O) groups excluding carboxylic acids is 2. The van der Waals surface area contributed by atoms with Crippen LogP contribution in [-0.2, 0) is 9.59 Å². The molecule has 1 aliphatic rings. The monoisotopic (exact) mass is 481 g/mol. The van der Waals surface area contributed by atoms with E-state index in [1.807, 2.05) is 32.9 Å². The van der Waals surface area contributed by atoms with Crippen molar-refractivity contribution in [3.8, 4) is 0 Å². The Morgan fingerprint density at radius 2 is 2.07 bits per heavy atom. The standard InChI is InChI=1S/C21H21Cl2N3O2S2/c1-12(2)10-26-20(28)18(9-15-6-4-13(3)30-15)25-21(26)29-11-19(27)24-17-7-5-14(22)8-16(17)23/h4-9,12H,10-11H2,1-3H3,(H,24,27)/b18-9+. The molecule has 1 aliphatic heterocycles. The lowest BCUT2D eigenvalue weighted by atomic mass is 10.2. The number of thioether (sulfide) groups is 1. The molecular formula is C21H21Cl2N3O2S2. The number of benzene rings is 1. The summed E-state index contributed by atoms with van der Waals surface area (Å²) in [4.78, 5) is 33.6. The molecule has 0 saturated carbocycles. The van der Waals surface area contributed by atoms with Gasteiger partial charge in [-0.15, -0.1) is 11.3 Å². The van der Waals surface area contributed by atoms with Gasteiger partial charge in [-0.25, -0.2) is 4.99 Å². The van der Waals surface area contributed by atoms with E-state index in [1.54, 1.807) is 40.5 Å². The number of amidine groups is 1. The van der Waals surface area contributed by atoms with Gasteiger partial charge in [0.15, 0.2) is 5.17 Å². The molecule has 0 unspecified atom stereocenters.